The fourth-order valence-electron chi connectivity index (χ4n) is 3.17. The van der Waals surface area contributed by atoms with Crippen molar-refractivity contribution in [2.45, 2.75) is 38.8 Å². The van der Waals surface area contributed by atoms with Crippen molar-refractivity contribution < 1.29 is 13.9 Å². The zero-order valence-corrected chi connectivity index (χ0v) is 19.9. The predicted octanol–water partition coefficient (Wildman–Crippen LogP) is 3.18. The molecular weight excluding hydrogens is 486 g/mol. The summed E-state index contributed by atoms with van der Waals surface area (Å²) in [5.74, 6) is 1.34. The molecule has 1 heterocycles. The van der Waals surface area contributed by atoms with Gasteiger partial charge in [-0.05, 0) is 57.4 Å². The first-order chi connectivity index (χ1) is 13.5. The second-order valence-corrected chi connectivity index (χ2v) is 7.78. The predicted molar refractivity (Wildman–Crippen MR) is 125 cm³/mol. The monoisotopic (exact) mass is 520 g/mol. The Morgan fingerprint density at radius 2 is 2.21 bits per heavy atom. The normalized spacial score (nSPS) is 21.2. The number of morpholine rings is 1. The van der Waals surface area contributed by atoms with Gasteiger partial charge in [0.2, 0.25) is 0 Å². The third kappa shape index (κ3) is 7.90. The summed E-state index contributed by atoms with van der Waals surface area (Å²) in [5, 5.41) is 6.61. The number of nitrogens with one attached hydrogen (secondary N) is 2. The topological polar surface area (TPSA) is 58.1 Å². The van der Waals surface area contributed by atoms with Gasteiger partial charge in [0.25, 0.3) is 0 Å². The summed E-state index contributed by atoms with van der Waals surface area (Å²) in [4.78, 5) is 6.91. The number of benzene rings is 1. The Labute approximate surface area is 190 Å². The summed E-state index contributed by atoms with van der Waals surface area (Å²) in [6.45, 7) is 8.56. The van der Waals surface area contributed by atoms with E-state index >= 15 is 0 Å². The Kier molecular flexibility index (Phi) is 9.91. The molecule has 1 saturated carbocycles. The number of ether oxygens (including phenoxy) is 2. The van der Waals surface area contributed by atoms with Crippen molar-refractivity contribution in [2.24, 2.45) is 10.9 Å². The Bertz CT molecular complexity index is 672. The third-order valence-electron chi connectivity index (χ3n) is 5.12. The minimum atomic E-state index is -0.313. The molecule has 1 aliphatic heterocycles. The number of aliphatic imine (C=N–C) groups is 1. The van der Waals surface area contributed by atoms with Crippen LogP contribution in [0, 0.1) is 11.7 Å². The largest absolute Gasteiger partial charge is 0.490 e. The van der Waals surface area contributed by atoms with E-state index in [-0.39, 0.29) is 41.9 Å². The van der Waals surface area contributed by atoms with Crippen LogP contribution in [-0.2, 0) is 4.74 Å². The lowest BCUT2D eigenvalue weighted by molar-refractivity contribution is -0.0136. The molecule has 1 aliphatic carbocycles. The van der Waals surface area contributed by atoms with Gasteiger partial charge in [-0.15, -0.1) is 24.0 Å². The molecule has 3 rings (SSSR count). The van der Waals surface area contributed by atoms with Crippen LogP contribution < -0.4 is 15.4 Å². The number of rotatable bonds is 8. The summed E-state index contributed by atoms with van der Waals surface area (Å²) in [6.07, 6.45) is 2.48. The first-order valence-electron chi connectivity index (χ1n) is 10.3. The summed E-state index contributed by atoms with van der Waals surface area (Å²) >= 11 is 0. The molecule has 8 heteroatoms. The molecule has 0 radical (unpaired) electrons. The van der Waals surface area contributed by atoms with Gasteiger partial charge in [-0.1, -0.05) is 6.07 Å². The van der Waals surface area contributed by atoms with Crippen LogP contribution in [0.5, 0.6) is 5.75 Å². The van der Waals surface area contributed by atoms with Gasteiger partial charge in [0.05, 0.1) is 31.9 Å². The Morgan fingerprint density at radius 1 is 1.41 bits per heavy atom. The minimum Gasteiger partial charge on any atom is -0.490 e. The zero-order chi connectivity index (χ0) is 19.9. The molecule has 0 spiro atoms. The number of likely N-dealkylation sites (N-methyl/N-ethyl adjacent to an activating group) is 1. The average Bonchev–Trinajstić information content (AvgIpc) is 3.50. The summed E-state index contributed by atoms with van der Waals surface area (Å²) in [7, 11) is 2.09. The van der Waals surface area contributed by atoms with Crippen LogP contribution in [-0.4, -0.2) is 63.4 Å². The number of halogens is 2. The van der Waals surface area contributed by atoms with Crippen molar-refractivity contribution in [3.05, 3.63) is 29.6 Å². The lowest BCUT2D eigenvalue weighted by atomic mass is 10.1. The van der Waals surface area contributed by atoms with E-state index in [0.717, 1.165) is 31.8 Å². The molecule has 2 N–H and O–H groups in total. The lowest BCUT2D eigenvalue weighted by Crippen LogP contribution is -2.43. The van der Waals surface area contributed by atoms with E-state index in [9.17, 15) is 4.39 Å². The van der Waals surface area contributed by atoms with Crippen LogP contribution in [0.15, 0.2) is 23.2 Å². The van der Waals surface area contributed by atoms with Gasteiger partial charge in [0.1, 0.15) is 0 Å². The van der Waals surface area contributed by atoms with E-state index in [1.165, 1.54) is 12.8 Å². The minimum absolute atomic E-state index is 0. The van der Waals surface area contributed by atoms with Gasteiger partial charge in [0.15, 0.2) is 17.5 Å². The molecule has 2 atom stereocenters. The highest BCUT2D eigenvalue weighted by molar-refractivity contribution is 14.0. The van der Waals surface area contributed by atoms with E-state index in [1.54, 1.807) is 12.1 Å². The number of hydrogen-bond acceptors (Lipinski definition) is 4. The van der Waals surface area contributed by atoms with E-state index < -0.39 is 0 Å². The molecule has 164 valence electrons. The van der Waals surface area contributed by atoms with Crippen LogP contribution in [0.4, 0.5) is 4.39 Å². The smallest absolute Gasteiger partial charge is 0.191 e. The summed E-state index contributed by atoms with van der Waals surface area (Å²) in [5.41, 5.74) is 0.857. The molecule has 6 nitrogen and oxygen atoms in total. The van der Waals surface area contributed by atoms with Crippen molar-refractivity contribution in [3.8, 4) is 5.75 Å². The van der Waals surface area contributed by atoms with Gasteiger partial charge in [-0.3, -0.25) is 4.99 Å². The molecule has 1 aromatic rings. The molecule has 0 amide bonds. The number of nitrogens with zero attached hydrogens (tertiary/aromatic N) is 2. The second-order valence-electron chi connectivity index (χ2n) is 7.78. The first kappa shape index (κ1) is 24.1. The van der Waals surface area contributed by atoms with Gasteiger partial charge in [0, 0.05) is 19.6 Å². The highest BCUT2D eigenvalue weighted by atomic mass is 127. The van der Waals surface area contributed by atoms with Crippen LogP contribution in [0.3, 0.4) is 0 Å². The van der Waals surface area contributed by atoms with Gasteiger partial charge in [-0.2, -0.15) is 0 Å². The Hall–Kier alpha value is -1.13. The van der Waals surface area contributed by atoms with E-state index in [2.05, 4.69) is 27.6 Å². The van der Waals surface area contributed by atoms with Gasteiger partial charge < -0.3 is 25.0 Å². The SMILES string of the molecule is CCNC(=NCC1CN(C)CCO1)NC(C)c1ccc(OCC2CC2)c(F)c1.I. The number of hydrogen-bond donors (Lipinski definition) is 2. The maximum atomic E-state index is 14.4. The fraction of sp³-hybridized carbons (Fsp3) is 0.667. The molecular formula is C21H34FIN4O2. The molecule has 2 fully saturated rings. The number of guanidine groups is 1. The van der Waals surface area contributed by atoms with Gasteiger partial charge >= 0.3 is 0 Å². The quantitative estimate of drug-likeness (QED) is 0.314. The fourth-order valence-corrected chi connectivity index (χ4v) is 3.17. The molecule has 2 aliphatic rings. The highest BCUT2D eigenvalue weighted by Crippen LogP contribution is 2.30. The van der Waals surface area contributed by atoms with E-state index in [4.69, 9.17) is 9.47 Å². The standard InChI is InChI=1S/C21H33FN4O2.HI/c1-4-23-21(24-12-18-13-26(3)9-10-27-18)25-15(2)17-7-8-20(19(22)11-17)28-14-16-5-6-16;/h7-8,11,15-16,18H,4-6,9-10,12-14H2,1-3H3,(H2,23,24,25);1H. The molecule has 1 aromatic carbocycles. The third-order valence-corrected chi connectivity index (χ3v) is 5.12. The maximum absolute atomic E-state index is 14.4. The molecule has 29 heavy (non-hydrogen) atoms. The van der Waals surface area contributed by atoms with Crippen LogP contribution in [0.25, 0.3) is 0 Å². The molecule has 1 saturated heterocycles. The Morgan fingerprint density at radius 3 is 2.86 bits per heavy atom. The van der Waals surface area contributed by atoms with Crippen LogP contribution in [0.2, 0.25) is 0 Å². The zero-order valence-electron chi connectivity index (χ0n) is 17.6. The van der Waals surface area contributed by atoms with Crippen molar-refractivity contribution in [1.29, 1.82) is 0 Å². The Balaban J connectivity index is 0.00000300. The van der Waals surface area contributed by atoms with Crippen molar-refractivity contribution in [3.63, 3.8) is 0 Å². The summed E-state index contributed by atoms with van der Waals surface area (Å²) < 4.78 is 25.7. The lowest BCUT2D eigenvalue weighted by Gasteiger charge is -2.29. The summed E-state index contributed by atoms with van der Waals surface area (Å²) in [6, 6.07) is 5.09. The van der Waals surface area contributed by atoms with E-state index in [1.807, 2.05) is 19.9 Å². The molecule has 2 unspecified atom stereocenters. The van der Waals surface area contributed by atoms with Crippen LogP contribution >= 0.6 is 24.0 Å². The second kappa shape index (κ2) is 11.9. The molecule has 0 bridgehead atoms. The van der Waals surface area contributed by atoms with Crippen molar-refractivity contribution in [1.82, 2.24) is 15.5 Å². The van der Waals surface area contributed by atoms with E-state index in [0.29, 0.717) is 30.8 Å². The van der Waals surface area contributed by atoms with Crippen molar-refractivity contribution >= 4 is 29.9 Å². The maximum Gasteiger partial charge on any atom is 0.191 e. The van der Waals surface area contributed by atoms with Gasteiger partial charge in [-0.25, -0.2) is 4.39 Å². The first-order valence-corrected chi connectivity index (χ1v) is 10.3. The average molecular weight is 520 g/mol. The highest BCUT2D eigenvalue weighted by Gasteiger charge is 2.23. The molecule has 0 aromatic heterocycles. The van der Waals surface area contributed by atoms with Crippen molar-refractivity contribution in [2.75, 3.05) is 46.4 Å². The van der Waals surface area contributed by atoms with Crippen LogP contribution in [0.1, 0.15) is 38.3 Å².